The summed E-state index contributed by atoms with van der Waals surface area (Å²) in [6.45, 7) is 6.06. The number of rotatable bonds is 4. The van der Waals surface area contributed by atoms with E-state index in [2.05, 4.69) is 39.4 Å². The monoisotopic (exact) mass is 387 g/mol. The van der Waals surface area contributed by atoms with Gasteiger partial charge in [0.2, 0.25) is 0 Å². The lowest BCUT2D eigenvalue weighted by Crippen LogP contribution is -2.40. The molecule has 6 heteroatoms. The summed E-state index contributed by atoms with van der Waals surface area (Å²) in [5.74, 6) is 2.09. The van der Waals surface area contributed by atoms with E-state index in [-0.39, 0.29) is 11.3 Å². The molecule has 3 aromatic rings. The average molecular weight is 387 g/mol. The molecule has 2 atom stereocenters. The molecule has 2 aromatic carbocycles. The van der Waals surface area contributed by atoms with Crippen LogP contribution in [0, 0.1) is 12.8 Å². The van der Waals surface area contributed by atoms with Crippen molar-refractivity contribution >= 4 is 5.91 Å². The molecule has 0 spiro atoms. The summed E-state index contributed by atoms with van der Waals surface area (Å²) < 4.78 is 0. The van der Waals surface area contributed by atoms with Crippen LogP contribution in [0.15, 0.2) is 60.7 Å². The van der Waals surface area contributed by atoms with Crippen molar-refractivity contribution in [3.05, 3.63) is 83.4 Å². The number of benzene rings is 2. The zero-order chi connectivity index (χ0) is 19.8. The lowest BCUT2D eigenvalue weighted by molar-refractivity contribution is 0.0769. The Morgan fingerprint density at radius 1 is 1.07 bits per heavy atom. The second-order valence-corrected chi connectivity index (χ2v) is 8.30. The summed E-state index contributed by atoms with van der Waals surface area (Å²) in [4.78, 5) is 22.3. The number of likely N-dealkylation sites (tertiary alicyclic amines) is 2. The van der Waals surface area contributed by atoms with Crippen LogP contribution in [0.25, 0.3) is 0 Å². The van der Waals surface area contributed by atoms with Crippen LogP contribution in [-0.4, -0.2) is 57.1 Å². The summed E-state index contributed by atoms with van der Waals surface area (Å²) in [5.41, 5.74) is 1.84. The van der Waals surface area contributed by atoms with Crippen molar-refractivity contribution in [3.63, 3.8) is 0 Å². The van der Waals surface area contributed by atoms with Crippen molar-refractivity contribution in [2.75, 3.05) is 26.2 Å². The Bertz CT molecular complexity index is 1000. The smallest absolute Gasteiger partial charge is 0.253 e. The van der Waals surface area contributed by atoms with E-state index in [1.165, 1.54) is 5.56 Å². The number of carbonyl (C=O) groups excluding carboxylic acids is 1. The predicted octanol–water partition coefficient (Wildman–Crippen LogP) is 2.64. The first-order valence-electron chi connectivity index (χ1n) is 10.1. The zero-order valence-electron chi connectivity index (χ0n) is 16.6. The molecule has 6 nitrogen and oxygen atoms in total. The van der Waals surface area contributed by atoms with Crippen LogP contribution < -0.4 is 0 Å². The van der Waals surface area contributed by atoms with E-state index >= 15 is 0 Å². The van der Waals surface area contributed by atoms with Crippen LogP contribution in [0.1, 0.15) is 27.6 Å². The Morgan fingerprint density at radius 2 is 1.79 bits per heavy atom. The Kier molecular flexibility index (Phi) is 4.43. The highest BCUT2D eigenvalue weighted by Gasteiger charge is 2.56. The minimum atomic E-state index is -0.218. The third kappa shape index (κ3) is 3.23. The molecule has 0 aliphatic carbocycles. The van der Waals surface area contributed by atoms with Gasteiger partial charge in [-0.3, -0.25) is 14.8 Å². The summed E-state index contributed by atoms with van der Waals surface area (Å²) in [6.07, 6.45) is 0. The fourth-order valence-corrected chi connectivity index (χ4v) is 4.93. The highest BCUT2D eigenvalue weighted by Crippen LogP contribution is 2.44. The van der Waals surface area contributed by atoms with E-state index in [1.54, 1.807) is 0 Å². The van der Waals surface area contributed by atoms with Gasteiger partial charge in [0, 0.05) is 44.2 Å². The van der Waals surface area contributed by atoms with Gasteiger partial charge in [-0.15, -0.1) is 0 Å². The van der Waals surface area contributed by atoms with Crippen molar-refractivity contribution in [1.82, 2.24) is 25.0 Å². The quantitative estimate of drug-likeness (QED) is 0.747. The zero-order valence-corrected chi connectivity index (χ0v) is 16.6. The number of hydrogen-bond acceptors (Lipinski definition) is 4. The highest BCUT2D eigenvalue weighted by molar-refractivity contribution is 5.94. The van der Waals surface area contributed by atoms with Crippen LogP contribution >= 0.6 is 0 Å². The second kappa shape index (κ2) is 7.12. The minimum absolute atomic E-state index is 0.0984. The average Bonchev–Trinajstić information content (AvgIpc) is 3.41. The van der Waals surface area contributed by atoms with E-state index < -0.39 is 0 Å². The summed E-state index contributed by atoms with van der Waals surface area (Å²) in [5, 5.41) is 7.55. The van der Waals surface area contributed by atoms with Gasteiger partial charge >= 0.3 is 0 Å². The highest BCUT2D eigenvalue weighted by atomic mass is 16.2. The van der Waals surface area contributed by atoms with Crippen LogP contribution in [0.4, 0.5) is 0 Å². The predicted molar refractivity (Wildman–Crippen MR) is 110 cm³/mol. The van der Waals surface area contributed by atoms with E-state index in [0.717, 1.165) is 43.4 Å². The summed E-state index contributed by atoms with van der Waals surface area (Å²) in [6, 6.07) is 20.1. The molecule has 2 saturated heterocycles. The van der Waals surface area contributed by atoms with Gasteiger partial charge in [-0.25, -0.2) is 4.98 Å². The molecule has 1 amide bonds. The van der Waals surface area contributed by atoms with Crippen molar-refractivity contribution in [2.24, 2.45) is 5.92 Å². The molecule has 148 valence electrons. The van der Waals surface area contributed by atoms with Gasteiger partial charge in [0.15, 0.2) is 5.82 Å². The number of carbonyl (C=O) groups is 1. The first-order valence-corrected chi connectivity index (χ1v) is 10.1. The standard InChI is InChI=1S/C23H25N5O/c1-17-24-22(26-25-17)23-15-27(12-18-8-4-2-5-9-18)13-20(23)14-28(16-23)21(29)19-10-6-3-7-11-19/h2-11,20H,12-16H2,1H3,(H,24,25,26)/t20-,23-/m0/s1. The molecular formula is C23H25N5O. The fraction of sp³-hybridized carbons (Fsp3) is 0.348. The first kappa shape index (κ1) is 18.1. The van der Waals surface area contributed by atoms with E-state index in [4.69, 9.17) is 4.98 Å². The van der Waals surface area contributed by atoms with Gasteiger partial charge < -0.3 is 4.90 Å². The van der Waals surface area contributed by atoms with Crippen molar-refractivity contribution in [2.45, 2.75) is 18.9 Å². The molecular weight excluding hydrogens is 362 g/mol. The third-order valence-electron chi connectivity index (χ3n) is 6.28. The molecule has 0 unspecified atom stereocenters. The number of amides is 1. The first-order chi connectivity index (χ1) is 14.1. The van der Waals surface area contributed by atoms with Crippen molar-refractivity contribution < 1.29 is 4.79 Å². The van der Waals surface area contributed by atoms with Gasteiger partial charge in [0.25, 0.3) is 5.91 Å². The maximum atomic E-state index is 13.1. The molecule has 2 aliphatic rings. The molecule has 29 heavy (non-hydrogen) atoms. The lowest BCUT2D eigenvalue weighted by Gasteiger charge is -2.27. The molecule has 0 bridgehead atoms. The number of aromatic nitrogens is 3. The molecule has 3 heterocycles. The summed E-state index contributed by atoms with van der Waals surface area (Å²) in [7, 11) is 0. The third-order valence-corrected chi connectivity index (χ3v) is 6.28. The van der Waals surface area contributed by atoms with Gasteiger partial charge in [0.1, 0.15) is 5.82 Å². The van der Waals surface area contributed by atoms with Gasteiger partial charge in [-0.2, -0.15) is 5.10 Å². The molecule has 1 aromatic heterocycles. The number of fused-ring (bicyclic) bond motifs is 1. The Labute approximate surface area is 170 Å². The van der Waals surface area contributed by atoms with Crippen LogP contribution in [0.2, 0.25) is 0 Å². The Balaban J connectivity index is 1.42. The van der Waals surface area contributed by atoms with Crippen molar-refractivity contribution in [1.29, 1.82) is 0 Å². The number of nitrogens with zero attached hydrogens (tertiary/aromatic N) is 4. The molecule has 2 aliphatic heterocycles. The topological polar surface area (TPSA) is 65.1 Å². The largest absolute Gasteiger partial charge is 0.337 e. The molecule has 0 saturated carbocycles. The number of aromatic amines is 1. The number of aryl methyl sites for hydroxylation is 1. The SMILES string of the molecule is Cc1nc([C@]23CN(Cc4ccccc4)C[C@H]2CN(C(=O)c2ccccc2)C3)n[nH]1. The van der Waals surface area contributed by atoms with Gasteiger partial charge in [-0.05, 0) is 24.6 Å². The number of hydrogen-bond donors (Lipinski definition) is 1. The number of H-pyrrole nitrogens is 1. The van der Waals surface area contributed by atoms with Crippen LogP contribution in [0.5, 0.6) is 0 Å². The minimum Gasteiger partial charge on any atom is -0.337 e. The normalized spacial score (nSPS) is 24.0. The van der Waals surface area contributed by atoms with Crippen LogP contribution in [0.3, 0.4) is 0 Å². The molecule has 2 fully saturated rings. The van der Waals surface area contributed by atoms with E-state index in [1.807, 2.05) is 48.2 Å². The maximum Gasteiger partial charge on any atom is 0.253 e. The second-order valence-electron chi connectivity index (χ2n) is 8.30. The van der Waals surface area contributed by atoms with Crippen LogP contribution in [-0.2, 0) is 12.0 Å². The van der Waals surface area contributed by atoms with E-state index in [9.17, 15) is 4.79 Å². The lowest BCUT2D eigenvalue weighted by atomic mass is 9.80. The Morgan fingerprint density at radius 3 is 2.48 bits per heavy atom. The van der Waals surface area contributed by atoms with Gasteiger partial charge in [0.05, 0.1) is 5.41 Å². The van der Waals surface area contributed by atoms with E-state index in [0.29, 0.717) is 12.5 Å². The van der Waals surface area contributed by atoms with Gasteiger partial charge in [-0.1, -0.05) is 48.5 Å². The number of nitrogens with one attached hydrogen (secondary N) is 1. The fourth-order valence-electron chi connectivity index (χ4n) is 4.93. The molecule has 5 rings (SSSR count). The Hall–Kier alpha value is -2.99. The maximum absolute atomic E-state index is 13.1. The summed E-state index contributed by atoms with van der Waals surface area (Å²) >= 11 is 0. The molecule has 1 N–H and O–H groups in total. The molecule has 0 radical (unpaired) electrons. The van der Waals surface area contributed by atoms with Crippen molar-refractivity contribution in [3.8, 4) is 0 Å².